The van der Waals surface area contributed by atoms with Crippen LogP contribution < -0.4 is 5.32 Å². The second-order valence-electron chi connectivity index (χ2n) is 6.68. The highest BCUT2D eigenvalue weighted by molar-refractivity contribution is 7.16. The van der Waals surface area contributed by atoms with E-state index in [0.717, 1.165) is 16.9 Å². The summed E-state index contributed by atoms with van der Waals surface area (Å²) in [6.07, 6.45) is 0.944. The molecule has 1 saturated heterocycles. The highest BCUT2D eigenvalue weighted by Gasteiger charge is 2.35. The monoisotopic (exact) mass is 400 g/mol. The topological polar surface area (TPSA) is 75.7 Å². The molecule has 0 bridgehead atoms. The number of esters is 1. The Morgan fingerprint density at radius 1 is 1.25 bits per heavy atom. The summed E-state index contributed by atoms with van der Waals surface area (Å²) in [5.41, 5.74) is 1.41. The van der Waals surface area contributed by atoms with Crippen molar-refractivity contribution in [3.8, 4) is 0 Å². The number of amides is 2. The number of thiophene rings is 1. The van der Waals surface area contributed by atoms with Gasteiger partial charge in [0.25, 0.3) is 0 Å². The van der Waals surface area contributed by atoms with Gasteiger partial charge in [-0.05, 0) is 25.0 Å². The SMILES string of the molecule is CCOC(=O)c1cc(CC)sc1NC(=O)C1CC(=O)N(Cc2ccccc2)C1. The third kappa shape index (κ3) is 4.59. The Hall–Kier alpha value is -2.67. The van der Waals surface area contributed by atoms with Crippen LogP contribution in [0.15, 0.2) is 36.4 Å². The first-order chi connectivity index (χ1) is 13.5. The number of likely N-dealkylation sites (tertiary alicyclic amines) is 1. The molecule has 1 N–H and O–H groups in total. The Labute approximate surface area is 168 Å². The number of anilines is 1. The van der Waals surface area contributed by atoms with Crippen LogP contribution in [0.4, 0.5) is 5.00 Å². The van der Waals surface area contributed by atoms with E-state index in [-0.39, 0.29) is 24.8 Å². The van der Waals surface area contributed by atoms with E-state index in [2.05, 4.69) is 5.32 Å². The van der Waals surface area contributed by atoms with E-state index >= 15 is 0 Å². The molecule has 3 rings (SSSR count). The number of hydrogen-bond acceptors (Lipinski definition) is 5. The van der Waals surface area contributed by atoms with Crippen molar-refractivity contribution in [2.75, 3.05) is 18.5 Å². The quantitative estimate of drug-likeness (QED) is 0.722. The van der Waals surface area contributed by atoms with Crippen LogP contribution in [-0.2, 0) is 27.3 Å². The van der Waals surface area contributed by atoms with Crippen LogP contribution in [0.2, 0.25) is 0 Å². The van der Waals surface area contributed by atoms with Gasteiger partial charge < -0.3 is 15.0 Å². The van der Waals surface area contributed by atoms with Crippen molar-refractivity contribution in [1.29, 1.82) is 0 Å². The van der Waals surface area contributed by atoms with Gasteiger partial charge in [0.1, 0.15) is 5.00 Å². The number of hydrogen-bond donors (Lipinski definition) is 1. The number of carbonyl (C=O) groups is 3. The van der Waals surface area contributed by atoms with Gasteiger partial charge in [-0.1, -0.05) is 37.3 Å². The molecular weight excluding hydrogens is 376 g/mol. The average Bonchev–Trinajstić information content (AvgIpc) is 3.26. The Kier molecular flexibility index (Phi) is 6.46. The summed E-state index contributed by atoms with van der Waals surface area (Å²) >= 11 is 1.37. The van der Waals surface area contributed by atoms with Crippen LogP contribution in [0, 0.1) is 5.92 Å². The van der Waals surface area contributed by atoms with Gasteiger partial charge >= 0.3 is 5.97 Å². The minimum Gasteiger partial charge on any atom is -0.462 e. The Bertz CT molecular complexity index is 863. The lowest BCUT2D eigenvalue weighted by atomic mass is 10.1. The van der Waals surface area contributed by atoms with E-state index in [1.54, 1.807) is 17.9 Å². The van der Waals surface area contributed by atoms with Crippen molar-refractivity contribution in [3.63, 3.8) is 0 Å². The lowest BCUT2D eigenvalue weighted by molar-refractivity contribution is -0.128. The molecule has 148 valence electrons. The minimum absolute atomic E-state index is 0.0324. The number of ether oxygens (including phenoxy) is 1. The zero-order valence-electron chi connectivity index (χ0n) is 16.1. The van der Waals surface area contributed by atoms with Gasteiger partial charge in [0.2, 0.25) is 11.8 Å². The summed E-state index contributed by atoms with van der Waals surface area (Å²) in [4.78, 5) is 40.0. The molecule has 7 heteroatoms. The average molecular weight is 401 g/mol. The first-order valence-electron chi connectivity index (χ1n) is 9.44. The first kappa shape index (κ1) is 20.1. The molecule has 2 heterocycles. The molecule has 1 unspecified atom stereocenters. The summed E-state index contributed by atoms with van der Waals surface area (Å²) in [6, 6.07) is 11.5. The normalized spacial score (nSPS) is 16.3. The van der Waals surface area contributed by atoms with Gasteiger partial charge in [-0.3, -0.25) is 9.59 Å². The molecule has 2 amide bonds. The van der Waals surface area contributed by atoms with E-state index < -0.39 is 11.9 Å². The zero-order valence-corrected chi connectivity index (χ0v) is 16.9. The smallest absolute Gasteiger partial charge is 0.341 e. The summed E-state index contributed by atoms with van der Waals surface area (Å²) in [7, 11) is 0. The lowest BCUT2D eigenvalue weighted by Gasteiger charge is -2.16. The summed E-state index contributed by atoms with van der Waals surface area (Å²) in [6.45, 7) is 4.88. The summed E-state index contributed by atoms with van der Waals surface area (Å²) in [5.74, 6) is -1.14. The first-order valence-corrected chi connectivity index (χ1v) is 10.3. The molecule has 6 nitrogen and oxygen atoms in total. The van der Waals surface area contributed by atoms with Gasteiger partial charge in [-0.25, -0.2) is 4.79 Å². The van der Waals surface area contributed by atoms with Gasteiger partial charge in [-0.15, -0.1) is 11.3 Å². The van der Waals surface area contributed by atoms with Gasteiger partial charge in [0, 0.05) is 24.4 Å². The van der Waals surface area contributed by atoms with E-state index in [9.17, 15) is 14.4 Å². The third-order valence-corrected chi connectivity index (χ3v) is 5.86. The number of nitrogens with one attached hydrogen (secondary N) is 1. The van der Waals surface area contributed by atoms with E-state index in [0.29, 0.717) is 23.7 Å². The van der Waals surface area contributed by atoms with Gasteiger partial charge in [0.15, 0.2) is 0 Å². The minimum atomic E-state index is -0.443. The van der Waals surface area contributed by atoms with Gasteiger partial charge in [0.05, 0.1) is 18.1 Å². The van der Waals surface area contributed by atoms with Crippen molar-refractivity contribution in [3.05, 3.63) is 52.4 Å². The molecule has 1 aromatic carbocycles. The zero-order chi connectivity index (χ0) is 20.1. The molecule has 0 aliphatic carbocycles. The number of nitrogens with zero attached hydrogens (tertiary/aromatic N) is 1. The van der Waals surface area contributed by atoms with Gasteiger partial charge in [-0.2, -0.15) is 0 Å². The molecular formula is C21H24N2O4S. The number of rotatable bonds is 7. The molecule has 0 spiro atoms. The summed E-state index contributed by atoms with van der Waals surface area (Å²) < 4.78 is 5.09. The van der Waals surface area contributed by atoms with Crippen molar-refractivity contribution in [2.24, 2.45) is 5.92 Å². The van der Waals surface area contributed by atoms with Crippen molar-refractivity contribution < 1.29 is 19.1 Å². The van der Waals surface area contributed by atoms with Crippen LogP contribution in [-0.4, -0.2) is 35.8 Å². The Morgan fingerprint density at radius 2 is 2.00 bits per heavy atom. The predicted octanol–water partition coefficient (Wildman–Crippen LogP) is 3.47. The predicted molar refractivity (Wildman–Crippen MR) is 108 cm³/mol. The Morgan fingerprint density at radius 3 is 2.68 bits per heavy atom. The highest BCUT2D eigenvalue weighted by atomic mass is 32.1. The molecule has 2 aromatic rings. The van der Waals surface area contributed by atoms with Crippen LogP contribution in [0.25, 0.3) is 0 Å². The highest BCUT2D eigenvalue weighted by Crippen LogP contribution is 2.31. The van der Waals surface area contributed by atoms with Crippen molar-refractivity contribution in [2.45, 2.75) is 33.2 Å². The van der Waals surface area contributed by atoms with E-state index in [1.807, 2.05) is 37.3 Å². The maximum atomic E-state index is 12.8. The number of carbonyl (C=O) groups excluding carboxylic acids is 3. The van der Waals surface area contributed by atoms with Crippen LogP contribution >= 0.6 is 11.3 Å². The maximum absolute atomic E-state index is 12.8. The summed E-state index contributed by atoms with van der Waals surface area (Å²) in [5, 5.41) is 3.35. The third-order valence-electron chi connectivity index (χ3n) is 4.67. The molecule has 1 atom stereocenters. The molecule has 28 heavy (non-hydrogen) atoms. The van der Waals surface area contributed by atoms with Crippen LogP contribution in [0.5, 0.6) is 0 Å². The van der Waals surface area contributed by atoms with Crippen LogP contribution in [0.3, 0.4) is 0 Å². The maximum Gasteiger partial charge on any atom is 0.341 e. The fourth-order valence-corrected chi connectivity index (χ4v) is 4.18. The van der Waals surface area contributed by atoms with E-state index in [4.69, 9.17) is 4.74 Å². The fraction of sp³-hybridized carbons (Fsp3) is 0.381. The largest absolute Gasteiger partial charge is 0.462 e. The number of aryl methyl sites for hydroxylation is 1. The van der Waals surface area contributed by atoms with Crippen LogP contribution in [0.1, 0.15) is 41.1 Å². The molecule has 1 aliphatic heterocycles. The lowest BCUT2D eigenvalue weighted by Crippen LogP contribution is -2.28. The van der Waals surface area contributed by atoms with Crippen molar-refractivity contribution in [1.82, 2.24) is 4.90 Å². The standard InChI is InChI=1S/C21H24N2O4S/c1-3-16-11-17(21(26)27-4-2)20(28-16)22-19(25)15-10-18(24)23(13-15)12-14-8-6-5-7-9-14/h5-9,11,15H,3-4,10,12-13H2,1-2H3,(H,22,25). The number of benzene rings is 1. The fourth-order valence-electron chi connectivity index (χ4n) is 3.19. The molecule has 0 saturated carbocycles. The molecule has 1 aliphatic rings. The van der Waals surface area contributed by atoms with Crippen molar-refractivity contribution >= 4 is 34.1 Å². The molecule has 1 fully saturated rings. The Balaban J connectivity index is 1.67. The molecule has 1 aromatic heterocycles. The second-order valence-corrected chi connectivity index (χ2v) is 7.82. The molecule has 0 radical (unpaired) electrons. The van der Waals surface area contributed by atoms with E-state index in [1.165, 1.54) is 11.3 Å². The second kappa shape index (κ2) is 9.01.